The maximum Gasteiger partial charge on any atom is 1.00 e. The number of rotatable bonds is 20. The van der Waals surface area contributed by atoms with Crippen molar-refractivity contribution >= 4 is 72.7 Å². The van der Waals surface area contributed by atoms with Crippen molar-refractivity contribution in [1.82, 2.24) is 0 Å². The zero-order chi connectivity index (χ0) is 59.5. The Morgan fingerprint density at radius 3 is 0.989 bits per heavy atom. The molecule has 0 bridgehead atoms. The third-order valence-corrected chi connectivity index (χ3v) is 14.2. The van der Waals surface area contributed by atoms with Crippen molar-refractivity contribution in [2.75, 3.05) is 58.6 Å². The van der Waals surface area contributed by atoms with Gasteiger partial charge in [-0.15, -0.1) is 0 Å². The summed E-state index contributed by atoms with van der Waals surface area (Å²) >= 11 is 0. The number of para-hydroxylation sites is 2. The standard InChI is InChI=1S/C26H29N5.C16H19N3.C10H13N.C10H15N.C7H9NO3S.CH4.2Na.H2O/c1-2-3-6-21-7-9-22(10-8-21)27-28-23-11-13-24(14-12-23)29-30-25-15-17-26(18-16-25)31-19-4-5-20-31;1-2-3-4-13-5-9-15(10-6-13)18-19-16-11-7-14(17)8-12-16;1-2-6-10(7-3-1)11-8-4-5-9-11;1-2-3-4-9-5-7-10(11)8-6-9;9-12(10,11)6-8-7-4-2-1-3-5-7;;;;/h7-18H,2-6,19-20H2,1H3;5-12H,2-4,17H2,1H3;1-3,6-7H,4-5,8-9H2;5-8H,2-4,11H2,1H3;1-5,8H,6H2,(H,9,10,11);1H4;;;1H2/q;;;;;;2*+1;/p-2. The first-order chi connectivity index (χ1) is 40.9. The number of nitrogens with zero attached hydrogens (tertiary/aromatic N) is 8. The summed E-state index contributed by atoms with van der Waals surface area (Å²) in [4.78, 5) is 4.86. The van der Waals surface area contributed by atoms with Crippen LogP contribution in [0.1, 0.15) is 109 Å². The fourth-order valence-electron chi connectivity index (χ4n) is 8.81. The zero-order valence-corrected chi connectivity index (χ0v) is 56.5. The molecule has 88 heavy (non-hydrogen) atoms. The number of anilines is 5. The maximum atomic E-state index is 10.2. The molecule has 0 unspecified atom stereocenters. The second kappa shape index (κ2) is 44.8. The number of hydrogen-bond donors (Lipinski definition) is 3. The van der Waals surface area contributed by atoms with E-state index in [2.05, 4.69) is 145 Å². The van der Waals surface area contributed by atoms with E-state index in [0.717, 1.165) is 71.4 Å². The minimum absolute atomic E-state index is 0. The Labute approximate surface area is 569 Å². The molecule has 10 rings (SSSR count). The fraction of sp³-hybridized carbons (Fsp3) is 0.314. The van der Waals surface area contributed by atoms with Gasteiger partial charge in [-0.05, 0) is 214 Å². The molecule has 2 aliphatic rings. The number of unbranched alkanes of at least 4 members (excludes halogenated alkanes) is 3. The van der Waals surface area contributed by atoms with Crippen LogP contribution in [0.3, 0.4) is 0 Å². The van der Waals surface area contributed by atoms with E-state index in [-0.39, 0.29) is 72.0 Å². The molecule has 0 saturated carbocycles. The van der Waals surface area contributed by atoms with Crippen LogP contribution in [-0.2, 0) is 29.4 Å². The largest absolute Gasteiger partial charge is 1.00 e. The minimum Gasteiger partial charge on any atom is -0.870 e. The van der Waals surface area contributed by atoms with Gasteiger partial charge in [-0.3, -0.25) is 0 Å². The molecule has 2 saturated heterocycles. The molecule has 8 aromatic carbocycles. The molecule has 15 nitrogen and oxygen atoms in total. The molecular weight excluding hydrogens is 1140 g/mol. The van der Waals surface area contributed by atoms with Crippen LogP contribution in [0.4, 0.5) is 62.6 Å². The summed E-state index contributed by atoms with van der Waals surface area (Å²) < 4.78 is 30.6. The predicted molar refractivity (Wildman–Crippen MR) is 358 cm³/mol. The quantitative estimate of drug-likeness (QED) is 0.0285. The van der Waals surface area contributed by atoms with Gasteiger partial charge < -0.3 is 36.6 Å². The molecule has 0 radical (unpaired) electrons. The Morgan fingerprint density at radius 1 is 0.409 bits per heavy atom. The first kappa shape index (κ1) is 77.5. The van der Waals surface area contributed by atoms with Gasteiger partial charge in [0.1, 0.15) is 16.0 Å². The smallest absolute Gasteiger partial charge is 0.870 e. The van der Waals surface area contributed by atoms with Crippen molar-refractivity contribution in [3.63, 3.8) is 0 Å². The van der Waals surface area contributed by atoms with E-state index >= 15 is 0 Å². The predicted octanol–water partition coefficient (Wildman–Crippen LogP) is 13.5. The summed E-state index contributed by atoms with van der Waals surface area (Å²) in [5, 5.41) is 28.2. The first-order valence-corrected chi connectivity index (χ1v) is 31.1. The average molecular weight is 1230 g/mol. The number of aryl methyl sites for hydroxylation is 3. The van der Waals surface area contributed by atoms with Crippen LogP contribution in [0.2, 0.25) is 0 Å². The van der Waals surface area contributed by atoms with Gasteiger partial charge in [-0.25, -0.2) is 8.42 Å². The summed E-state index contributed by atoms with van der Waals surface area (Å²) in [6.45, 7) is 11.4. The molecule has 0 atom stereocenters. The number of nitrogens with two attached hydrogens (primary N) is 2. The van der Waals surface area contributed by atoms with Gasteiger partial charge >= 0.3 is 59.1 Å². The molecule has 2 heterocycles. The van der Waals surface area contributed by atoms with Crippen LogP contribution in [-0.4, -0.2) is 50.5 Å². The van der Waals surface area contributed by atoms with Gasteiger partial charge in [0.2, 0.25) is 0 Å². The van der Waals surface area contributed by atoms with E-state index in [1.54, 1.807) is 30.3 Å². The van der Waals surface area contributed by atoms with Gasteiger partial charge in [0.05, 0.1) is 34.1 Å². The van der Waals surface area contributed by atoms with Crippen molar-refractivity contribution in [2.24, 2.45) is 30.7 Å². The molecule has 0 aliphatic carbocycles. The Morgan fingerprint density at radius 2 is 0.670 bits per heavy atom. The summed E-state index contributed by atoms with van der Waals surface area (Å²) in [5.41, 5.74) is 25.1. The third kappa shape index (κ3) is 31.6. The summed E-state index contributed by atoms with van der Waals surface area (Å²) in [6, 6.07) is 67.3. The second-order valence-electron chi connectivity index (χ2n) is 20.6. The number of nitrogens with one attached hydrogen (secondary N) is 1. The fourth-order valence-corrected chi connectivity index (χ4v) is 9.15. The topological polar surface area (TPSA) is 232 Å². The Balaban J connectivity index is 0.000000398. The molecular formula is C70H89N11Na2O4S. The maximum absolute atomic E-state index is 10.2. The van der Waals surface area contributed by atoms with Crippen LogP contribution >= 0.6 is 0 Å². The number of azo groups is 3. The summed E-state index contributed by atoms with van der Waals surface area (Å²) in [5.74, 6) is -0.572. The minimum atomic E-state index is -4.18. The monoisotopic (exact) mass is 1230 g/mol. The first-order valence-electron chi connectivity index (χ1n) is 29.6. The molecule has 2 aliphatic heterocycles. The Hall–Kier alpha value is -6.57. The van der Waals surface area contributed by atoms with E-state index in [4.69, 9.17) is 11.5 Å². The number of nitrogen functional groups attached to an aromatic ring is 2. The average Bonchev–Trinajstić information content (AvgIpc) is 4.38. The van der Waals surface area contributed by atoms with Gasteiger partial charge in [-0.2, -0.15) is 30.7 Å². The Kier molecular flexibility index (Phi) is 39.5. The van der Waals surface area contributed by atoms with Crippen molar-refractivity contribution in [1.29, 1.82) is 0 Å². The van der Waals surface area contributed by atoms with Gasteiger partial charge in [0.15, 0.2) is 0 Å². The zero-order valence-electron chi connectivity index (χ0n) is 51.7. The molecule has 18 heteroatoms. The van der Waals surface area contributed by atoms with E-state index in [0.29, 0.717) is 5.69 Å². The van der Waals surface area contributed by atoms with Crippen LogP contribution in [0.15, 0.2) is 237 Å². The molecule has 0 aromatic heterocycles. The van der Waals surface area contributed by atoms with Crippen LogP contribution in [0.5, 0.6) is 0 Å². The van der Waals surface area contributed by atoms with Crippen LogP contribution < -0.4 is 85.7 Å². The second-order valence-corrected chi connectivity index (χ2v) is 22.0. The molecule has 2 fully saturated rings. The van der Waals surface area contributed by atoms with Crippen LogP contribution in [0, 0.1) is 0 Å². The van der Waals surface area contributed by atoms with Gasteiger partial charge in [0.25, 0.3) is 0 Å². The van der Waals surface area contributed by atoms with E-state index in [1.807, 2.05) is 97.1 Å². The summed E-state index contributed by atoms with van der Waals surface area (Å²) in [6.07, 6.45) is 16.1. The van der Waals surface area contributed by atoms with Crippen molar-refractivity contribution in [3.05, 3.63) is 223 Å². The molecule has 0 spiro atoms. The molecule has 8 aromatic rings. The SMILES string of the molecule is C.CCCCc1ccc(N)cc1.CCCCc1ccc(N=Nc2ccc(N)cc2)cc1.CCCCc1ccc(N=Nc2ccc(N=Nc3ccc(N4CCCC4)cc3)cc2)cc1.O=S(=O)([O-])CNc1ccccc1.[Na+].[Na+].[OH-].c1ccc(N2CCCC2)cc1. The summed E-state index contributed by atoms with van der Waals surface area (Å²) in [7, 11) is -4.18. The Bertz CT molecular complexity index is 3260. The van der Waals surface area contributed by atoms with Gasteiger partial charge in [-0.1, -0.05) is 120 Å². The van der Waals surface area contributed by atoms with Crippen molar-refractivity contribution in [3.8, 4) is 0 Å². The molecule has 0 amide bonds. The van der Waals surface area contributed by atoms with E-state index in [1.165, 1.54) is 112 Å². The number of benzene rings is 8. The number of hydrogen-bond acceptors (Lipinski definition) is 15. The third-order valence-electron chi connectivity index (χ3n) is 13.7. The van der Waals surface area contributed by atoms with Crippen LogP contribution in [0.25, 0.3) is 0 Å². The molecule has 456 valence electrons. The normalized spacial score (nSPS) is 12.3. The van der Waals surface area contributed by atoms with E-state index in [9.17, 15) is 13.0 Å². The molecule has 6 N–H and O–H groups in total. The van der Waals surface area contributed by atoms with Gasteiger partial charge in [0, 0.05) is 54.6 Å². The van der Waals surface area contributed by atoms with Crippen molar-refractivity contribution in [2.45, 2.75) is 112 Å². The van der Waals surface area contributed by atoms with Crippen molar-refractivity contribution < 1.29 is 77.6 Å². The van der Waals surface area contributed by atoms with E-state index < -0.39 is 16.0 Å².